The van der Waals surface area contributed by atoms with E-state index >= 15 is 0 Å². The SMILES string of the molecule is CN(C)CCOC1=[C+]C2=C(C=C1)N(C)c1ccccc1C2c1ccccc1. The summed E-state index contributed by atoms with van der Waals surface area (Å²) in [6.45, 7) is 1.54. The van der Waals surface area contributed by atoms with E-state index in [1.54, 1.807) is 0 Å². The Bertz CT molecular complexity index is 909. The van der Waals surface area contributed by atoms with Crippen LogP contribution in [0.15, 0.2) is 83.8 Å². The van der Waals surface area contributed by atoms with Crippen LogP contribution in [0.25, 0.3) is 0 Å². The summed E-state index contributed by atoms with van der Waals surface area (Å²) in [4.78, 5) is 4.37. The number of allylic oxidation sites excluding steroid dienone is 4. The minimum atomic E-state index is 0.158. The predicted molar refractivity (Wildman–Crippen MR) is 111 cm³/mol. The van der Waals surface area contributed by atoms with Gasteiger partial charge in [0, 0.05) is 13.6 Å². The smallest absolute Gasteiger partial charge is 0.289 e. The second-order valence-corrected chi connectivity index (χ2v) is 7.23. The van der Waals surface area contributed by atoms with Crippen LogP contribution in [0, 0.1) is 6.08 Å². The molecule has 3 nitrogen and oxygen atoms in total. The number of fused-ring (bicyclic) bond motifs is 1. The highest BCUT2D eigenvalue weighted by atomic mass is 16.5. The third kappa shape index (κ3) is 3.40. The van der Waals surface area contributed by atoms with Gasteiger partial charge in [0.2, 0.25) is 0 Å². The second kappa shape index (κ2) is 7.40. The van der Waals surface area contributed by atoms with E-state index < -0.39 is 0 Å². The van der Waals surface area contributed by atoms with E-state index in [2.05, 4.69) is 97.7 Å². The fourth-order valence-electron chi connectivity index (χ4n) is 3.73. The highest BCUT2D eigenvalue weighted by molar-refractivity contribution is 5.71. The zero-order chi connectivity index (χ0) is 18.8. The molecule has 0 aromatic heterocycles. The molecule has 0 N–H and O–H groups in total. The van der Waals surface area contributed by atoms with Gasteiger partial charge in [-0.1, -0.05) is 48.5 Å². The van der Waals surface area contributed by atoms with Gasteiger partial charge in [0.15, 0.2) is 11.3 Å². The van der Waals surface area contributed by atoms with E-state index in [1.807, 2.05) is 6.08 Å². The zero-order valence-electron chi connectivity index (χ0n) is 16.1. The molecule has 2 aromatic carbocycles. The van der Waals surface area contributed by atoms with Crippen LogP contribution < -0.4 is 4.90 Å². The Labute approximate surface area is 161 Å². The Balaban J connectivity index is 1.76. The lowest BCUT2D eigenvalue weighted by molar-refractivity contribution is 0.191. The van der Waals surface area contributed by atoms with Crippen molar-refractivity contribution in [1.82, 2.24) is 4.90 Å². The molecule has 1 unspecified atom stereocenters. The van der Waals surface area contributed by atoms with Gasteiger partial charge < -0.3 is 9.64 Å². The molecule has 1 aliphatic carbocycles. The number of para-hydroxylation sites is 1. The molecule has 0 bridgehead atoms. The molecule has 0 spiro atoms. The molecule has 0 amide bonds. The zero-order valence-corrected chi connectivity index (χ0v) is 16.1. The lowest BCUT2D eigenvalue weighted by atomic mass is 9.79. The number of nitrogens with zero attached hydrogens (tertiary/aromatic N) is 2. The Morgan fingerprint density at radius 2 is 1.74 bits per heavy atom. The van der Waals surface area contributed by atoms with E-state index in [0.29, 0.717) is 6.61 Å². The summed E-state index contributed by atoms with van der Waals surface area (Å²) in [6, 6.07) is 19.3. The van der Waals surface area contributed by atoms with Crippen molar-refractivity contribution in [2.45, 2.75) is 5.92 Å². The number of hydrogen-bond donors (Lipinski definition) is 0. The summed E-state index contributed by atoms with van der Waals surface area (Å²) in [5, 5.41) is 0. The maximum absolute atomic E-state index is 5.97. The van der Waals surface area contributed by atoms with Crippen molar-refractivity contribution in [3.63, 3.8) is 0 Å². The van der Waals surface area contributed by atoms with Gasteiger partial charge in [0.25, 0.3) is 5.76 Å². The van der Waals surface area contributed by atoms with Crippen molar-refractivity contribution < 1.29 is 4.74 Å². The molecule has 27 heavy (non-hydrogen) atoms. The van der Waals surface area contributed by atoms with Crippen LogP contribution in [-0.2, 0) is 4.74 Å². The molecule has 0 fully saturated rings. The van der Waals surface area contributed by atoms with Gasteiger partial charge in [0.05, 0.1) is 29.8 Å². The maximum atomic E-state index is 5.97. The Kier molecular flexibility index (Phi) is 4.81. The summed E-state index contributed by atoms with van der Waals surface area (Å²) >= 11 is 0. The molecule has 1 atom stereocenters. The van der Waals surface area contributed by atoms with Gasteiger partial charge in [-0.2, -0.15) is 0 Å². The predicted octanol–water partition coefficient (Wildman–Crippen LogP) is 4.36. The lowest BCUT2D eigenvalue weighted by Gasteiger charge is -2.31. The molecule has 0 saturated carbocycles. The summed E-state index contributed by atoms with van der Waals surface area (Å²) in [5.74, 6) is 0.968. The van der Waals surface area contributed by atoms with Crippen molar-refractivity contribution >= 4 is 5.69 Å². The maximum Gasteiger partial charge on any atom is 0.289 e. The third-order valence-electron chi connectivity index (χ3n) is 5.11. The minimum Gasteiger partial charge on any atom is -0.464 e. The van der Waals surface area contributed by atoms with Crippen LogP contribution in [0.5, 0.6) is 0 Å². The molecule has 4 rings (SSSR count). The molecular formula is C24H25N2O+. The number of likely N-dealkylation sites (N-methyl/N-ethyl adjacent to an activating group) is 2. The standard InChI is InChI=1S/C24H25N2O/c1-25(2)15-16-27-19-13-14-23-21(17-19)24(18-9-5-4-6-10-18)20-11-7-8-12-22(20)26(23)3/h4-14,24H,15-16H2,1-3H3/q+1. The molecule has 1 aliphatic heterocycles. The third-order valence-corrected chi connectivity index (χ3v) is 5.11. The number of hydrogen-bond acceptors (Lipinski definition) is 3. The highest BCUT2D eigenvalue weighted by Crippen LogP contribution is 2.45. The van der Waals surface area contributed by atoms with Gasteiger partial charge in [-0.15, -0.1) is 0 Å². The fraction of sp³-hybridized carbons (Fsp3) is 0.250. The van der Waals surface area contributed by atoms with Gasteiger partial charge in [-0.3, -0.25) is 4.90 Å². The summed E-state index contributed by atoms with van der Waals surface area (Å²) < 4.78 is 5.97. The van der Waals surface area contributed by atoms with E-state index in [4.69, 9.17) is 4.74 Å². The summed E-state index contributed by atoms with van der Waals surface area (Å²) in [6.07, 6.45) is 7.76. The molecule has 0 saturated heterocycles. The lowest BCUT2D eigenvalue weighted by Crippen LogP contribution is -2.27. The molecule has 136 valence electrons. The Morgan fingerprint density at radius 1 is 1.00 bits per heavy atom. The Hall–Kier alpha value is -2.87. The topological polar surface area (TPSA) is 15.7 Å². The first-order valence-electron chi connectivity index (χ1n) is 9.36. The normalized spacial score (nSPS) is 18.0. The van der Waals surface area contributed by atoms with Crippen LogP contribution >= 0.6 is 0 Å². The van der Waals surface area contributed by atoms with Crippen molar-refractivity contribution in [3.05, 3.63) is 101 Å². The first-order valence-corrected chi connectivity index (χ1v) is 9.36. The highest BCUT2D eigenvalue weighted by Gasteiger charge is 2.38. The van der Waals surface area contributed by atoms with Crippen LogP contribution in [0.2, 0.25) is 0 Å². The summed E-state index contributed by atoms with van der Waals surface area (Å²) in [7, 11) is 6.23. The number of benzene rings is 2. The first-order chi connectivity index (χ1) is 13.1. The molecule has 1 heterocycles. The van der Waals surface area contributed by atoms with Crippen LogP contribution in [-0.4, -0.2) is 39.2 Å². The summed E-state index contributed by atoms with van der Waals surface area (Å²) in [5.41, 5.74) is 6.18. The van der Waals surface area contributed by atoms with E-state index in [9.17, 15) is 0 Å². The fourth-order valence-corrected chi connectivity index (χ4v) is 3.73. The number of anilines is 1. The molecule has 2 aliphatic rings. The monoisotopic (exact) mass is 357 g/mol. The van der Waals surface area contributed by atoms with Gasteiger partial charge in [0.1, 0.15) is 6.61 Å². The average Bonchev–Trinajstić information content (AvgIpc) is 2.69. The van der Waals surface area contributed by atoms with E-state index in [1.165, 1.54) is 28.1 Å². The molecule has 3 heteroatoms. The quantitative estimate of drug-likeness (QED) is 0.740. The van der Waals surface area contributed by atoms with Crippen molar-refractivity contribution in [3.8, 4) is 0 Å². The Morgan fingerprint density at radius 3 is 2.52 bits per heavy atom. The van der Waals surface area contributed by atoms with Crippen molar-refractivity contribution in [2.75, 3.05) is 39.2 Å². The van der Waals surface area contributed by atoms with E-state index in [0.717, 1.165) is 12.3 Å². The largest absolute Gasteiger partial charge is 0.464 e. The van der Waals surface area contributed by atoms with Crippen LogP contribution in [0.4, 0.5) is 5.69 Å². The van der Waals surface area contributed by atoms with Crippen molar-refractivity contribution in [1.29, 1.82) is 0 Å². The van der Waals surface area contributed by atoms with Crippen LogP contribution in [0.1, 0.15) is 17.0 Å². The molecule has 2 aromatic rings. The van der Waals surface area contributed by atoms with E-state index in [-0.39, 0.29) is 5.92 Å². The van der Waals surface area contributed by atoms with Crippen molar-refractivity contribution in [2.24, 2.45) is 0 Å². The van der Waals surface area contributed by atoms with Gasteiger partial charge in [-0.25, -0.2) is 0 Å². The van der Waals surface area contributed by atoms with Gasteiger partial charge >= 0.3 is 0 Å². The first kappa shape index (κ1) is 17.5. The number of ether oxygens (including phenoxy) is 1. The van der Waals surface area contributed by atoms with Gasteiger partial charge in [-0.05, 0) is 31.3 Å². The second-order valence-electron chi connectivity index (χ2n) is 7.23. The molecular weight excluding hydrogens is 332 g/mol. The number of rotatable bonds is 5. The minimum absolute atomic E-state index is 0.158. The molecule has 0 radical (unpaired) electrons. The van der Waals surface area contributed by atoms with Crippen LogP contribution in [0.3, 0.4) is 0 Å². The average molecular weight is 357 g/mol.